The van der Waals surface area contributed by atoms with Gasteiger partial charge in [-0.3, -0.25) is 0 Å². The summed E-state index contributed by atoms with van der Waals surface area (Å²) in [4.78, 5) is 7.91. The monoisotopic (exact) mass is 268 g/mol. The molecule has 0 unspecified atom stereocenters. The van der Waals surface area contributed by atoms with Crippen LogP contribution in [-0.2, 0) is 0 Å². The third-order valence-electron chi connectivity index (χ3n) is 3.54. The molecule has 3 aromatic rings. The molecular formula is C16H16N2O2. The minimum Gasteiger partial charge on any atom is -0.508 e. The summed E-state index contributed by atoms with van der Waals surface area (Å²) in [5, 5.41) is 9.52. The highest BCUT2D eigenvalue weighted by molar-refractivity contribution is 5.82. The Bertz CT molecular complexity index is 752. The zero-order chi connectivity index (χ0) is 14.3. The molecule has 0 saturated heterocycles. The molecule has 0 bridgehead atoms. The number of H-pyrrole nitrogens is 1. The number of hydrogen-bond acceptors (Lipinski definition) is 3. The Morgan fingerprint density at radius 2 is 1.85 bits per heavy atom. The highest BCUT2D eigenvalue weighted by Crippen LogP contribution is 2.32. The Kier molecular flexibility index (Phi) is 2.86. The van der Waals surface area contributed by atoms with Gasteiger partial charge in [0.05, 0.1) is 23.7 Å². The average molecular weight is 268 g/mol. The predicted octanol–water partition coefficient (Wildman–Crippen LogP) is 3.56. The lowest BCUT2D eigenvalue weighted by molar-refractivity contribution is 0.409. The number of aromatic amines is 1. The number of phenols is 1. The van der Waals surface area contributed by atoms with Crippen LogP contribution in [0.4, 0.5) is 0 Å². The molecule has 0 aliphatic rings. The molecule has 4 nitrogen and oxygen atoms in total. The van der Waals surface area contributed by atoms with Gasteiger partial charge in [-0.25, -0.2) is 4.98 Å². The SMILES string of the molecule is COc1cc(O)ccc1-c1nc2cc(C)c(C)cc2[nH]1. The van der Waals surface area contributed by atoms with Gasteiger partial charge in [0.15, 0.2) is 0 Å². The van der Waals surface area contributed by atoms with E-state index in [1.807, 2.05) is 0 Å². The Labute approximate surface area is 117 Å². The number of imidazole rings is 1. The van der Waals surface area contributed by atoms with Crippen LogP contribution in [0.2, 0.25) is 0 Å². The first-order valence-corrected chi connectivity index (χ1v) is 6.43. The zero-order valence-corrected chi connectivity index (χ0v) is 11.7. The molecule has 0 radical (unpaired) electrons. The largest absolute Gasteiger partial charge is 0.508 e. The number of hydrogen-bond donors (Lipinski definition) is 2. The maximum Gasteiger partial charge on any atom is 0.142 e. The second kappa shape index (κ2) is 4.56. The van der Waals surface area contributed by atoms with E-state index in [-0.39, 0.29) is 5.75 Å². The summed E-state index contributed by atoms with van der Waals surface area (Å²) in [6.45, 7) is 4.15. The molecule has 0 spiro atoms. The van der Waals surface area contributed by atoms with Crippen molar-refractivity contribution < 1.29 is 9.84 Å². The molecule has 1 heterocycles. The molecule has 0 fully saturated rings. The Balaban J connectivity index is 2.20. The summed E-state index contributed by atoms with van der Waals surface area (Å²) in [5.41, 5.74) is 5.20. The van der Waals surface area contributed by atoms with Crippen LogP contribution < -0.4 is 4.74 Å². The summed E-state index contributed by atoms with van der Waals surface area (Å²) in [6.07, 6.45) is 0. The Morgan fingerprint density at radius 3 is 2.60 bits per heavy atom. The molecule has 1 aromatic heterocycles. The van der Waals surface area contributed by atoms with E-state index >= 15 is 0 Å². The fraction of sp³-hybridized carbons (Fsp3) is 0.188. The lowest BCUT2D eigenvalue weighted by Gasteiger charge is -2.06. The molecule has 2 aromatic carbocycles. The fourth-order valence-electron chi connectivity index (χ4n) is 2.27. The van der Waals surface area contributed by atoms with Crippen LogP contribution in [0.15, 0.2) is 30.3 Å². The molecule has 0 amide bonds. The van der Waals surface area contributed by atoms with Crippen molar-refractivity contribution in [3.05, 3.63) is 41.5 Å². The van der Waals surface area contributed by atoms with E-state index in [9.17, 15) is 5.11 Å². The van der Waals surface area contributed by atoms with Crippen LogP contribution in [-0.4, -0.2) is 22.2 Å². The van der Waals surface area contributed by atoms with Crippen LogP contribution in [0.1, 0.15) is 11.1 Å². The highest BCUT2D eigenvalue weighted by atomic mass is 16.5. The van der Waals surface area contributed by atoms with Crippen LogP contribution in [0.3, 0.4) is 0 Å². The fourth-order valence-corrected chi connectivity index (χ4v) is 2.27. The van der Waals surface area contributed by atoms with Gasteiger partial charge in [-0.1, -0.05) is 0 Å². The van der Waals surface area contributed by atoms with Gasteiger partial charge in [-0.05, 0) is 49.2 Å². The Morgan fingerprint density at radius 1 is 1.10 bits per heavy atom. The van der Waals surface area contributed by atoms with Crippen molar-refractivity contribution in [1.29, 1.82) is 0 Å². The van der Waals surface area contributed by atoms with Gasteiger partial charge in [0.1, 0.15) is 17.3 Å². The van der Waals surface area contributed by atoms with Crippen LogP contribution in [0.5, 0.6) is 11.5 Å². The third-order valence-corrected chi connectivity index (χ3v) is 3.54. The van der Waals surface area contributed by atoms with Gasteiger partial charge in [-0.2, -0.15) is 0 Å². The van der Waals surface area contributed by atoms with Gasteiger partial charge in [-0.15, -0.1) is 0 Å². The standard InChI is InChI=1S/C16H16N2O2/c1-9-6-13-14(7-10(9)2)18-16(17-13)12-5-4-11(19)8-15(12)20-3/h4-8,19H,1-3H3,(H,17,18). The summed E-state index contributed by atoms with van der Waals surface area (Å²) >= 11 is 0. The van der Waals surface area contributed by atoms with Gasteiger partial charge in [0.25, 0.3) is 0 Å². The van der Waals surface area contributed by atoms with Crippen LogP contribution in [0, 0.1) is 13.8 Å². The number of phenolic OH excluding ortho intramolecular Hbond substituents is 1. The molecule has 0 aliphatic carbocycles. The molecule has 0 saturated carbocycles. The van der Waals surface area contributed by atoms with Crippen molar-refractivity contribution in [3.63, 3.8) is 0 Å². The summed E-state index contributed by atoms with van der Waals surface area (Å²) in [6, 6.07) is 9.16. The molecule has 4 heteroatoms. The maximum absolute atomic E-state index is 9.52. The van der Waals surface area contributed by atoms with Crippen molar-refractivity contribution in [3.8, 4) is 22.9 Å². The number of ether oxygens (including phenoxy) is 1. The van der Waals surface area contributed by atoms with E-state index in [4.69, 9.17) is 4.74 Å². The minimum absolute atomic E-state index is 0.174. The van der Waals surface area contributed by atoms with Crippen LogP contribution >= 0.6 is 0 Å². The van der Waals surface area contributed by atoms with Crippen molar-refractivity contribution in [2.75, 3.05) is 7.11 Å². The van der Waals surface area contributed by atoms with Crippen molar-refractivity contribution >= 4 is 11.0 Å². The van der Waals surface area contributed by atoms with Gasteiger partial charge in [0.2, 0.25) is 0 Å². The average Bonchev–Trinajstić information content (AvgIpc) is 2.81. The number of benzene rings is 2. The number of aryl methyl sites for hydroxylation is 2. The summed E-state index contributed by atoms with van der Waals surface area (Å²) < 4.78 is 5.30. The van der Waals surface area contributed by atoms with E-state index < -0.39 is 0 Å². The van der Waals surface area contributed by atoms with E-state index in [1.54, 1.807) is 25.3 Å². The first-order valence-electron chi connectivity index (χ1n) is 6.43. The smallest absolute Gasteiger partial charge is 0.142 e. The second-order valence-corrected chi connectivity index (χ2v) is 4.92. The molecular weight excluding hydrogens is 252 g/mol. The van der Waals surface area contributed by atoms with E-state index in [0.717, 1.165) is 22.4 Å². The lowest BCUT2D eigenvalue weighted by atomic mass is 10.1. The quantitative estimate of drug-likeness (QED) is 0.747. The molecule has 102 valence electrons. The topological polar surface area (TPSA) is 58.1 Å². The summed E-state index contributed by atoms with van der Waals surface area (Å²) in [5.74, 6) is 1.51. The normalized spacial score (nSPS) is 10.9. The maximum atomic E-state index is 9.52. The van der Waals surface area contributed by atoms with Crippen molar-refractivity contribution in [1.82, 2.24) is 9.97 Å². The molecule has 2 N–H and O–H groups in total. The van der Waals surface area contributed by atoms with Gasteiger partial charge in [0, 0.05) is 6.07 Å². The van der Waals surface area contributed by atoms with Crippen LogP contribution in [0.25, 0.3) is 22.4 Å². The van der Waals surface area contributed by atoms with Crippen molar-refractivity contribution in [2.45, 2.75) is 13.8 Å². The van der Waals surface area contributed by atoms with Gasteiger partial charge < -0.3 is 14.8 Å². The zero-order valence-electron chi connectivity index (χ0n) is 11.7. The minimum atomic E-state index is 0.174. The van der Waals surface area contributed by atoms with E-state index in [0.29, 0.717) is 5.75 Å². The second-order valence-electron chi connectivity index (χ2n) is 4.92. The first kappa shape index (κ1) is 12.5. The lowest BCUT2D eigenvalue weighted by Crippen LogP contribution is -1.88. The number of aromatic nitrogens is 2. The summed E-state index contributed by atoms with van der Waals surface area (Å²) in [7, 11) is 1.58. The number of aromatic hydroxyl groups is 1. The van der Waals surface area contributed by atoms with E-state index in [2.05, 4.69) is 35.9 Å². The van der Waals surface area contributed by atoms with E-state index in [1.165, 1.54) is 11.1 Å². The molecule has 3 rings (SSSR count). The predicted molar refractivity (Wildman–Crippen MR) is 79.2 cm³/mol. The first-order chi connectivity index (χ1) is 9.58. The number of fused-ring (bicyclic) bond motifs is 1. The number of nitrogens with zero attached hydrogens (tertiary/aromatic N) is 1. The number of methoxy groups -OCH3 is 1. The van der Waals surface area contributed by atoms with Gasteiger partial charge >= 0.3 is 0 Å². The molecule has 20 heavy (non-hydrogen) atoms. The molecule has 0 atom stereocenters. The van der Waals surface area contributed by atoms with Crippen molar-refractivity contribution in [2.24, 2.45) is 0 Å². The highest BCUT2D eigenvalue weighted by Gasteiger charge is 2.12. The third kappa shape index (κ3) is 1.99. The number of rotatable bonds is 2. The molecule has 0 aliphatic heterocycles. The number of nitrogens with one attached hydrogen (secondary N) is 1. The Hall–Kier alpha value is -2.49.